The van der Waals surface area contributed by atoms with Crippen LogP contribution in [-0.2, 0) is 5.75 Å². The molecule has 1 unspecified atom stereocenters. The summed E-state index contributed by atoms with van der Waals surface area (Å²) in [6.07, 6.45) is 1.88. The van der Waals surface area contributed by atoms with Crippen molar-refractivity contribution in [2.75, 3.05) is 6.54 Å². The molecule has 0 aliphatic carbocycles. The minimum atomic E-state index is 0.341. The molecule has 106 valence electrons. The number of thioether (sulfide) groups is 1. The topological polar surface area (TPSA) is 24.9 Å². The molecule has 0 bridgehead atoms. The van der Waals surface area contributed by atoms with Gasteiger partial charge >= 0.3 is 0 Å². The van der Waals surface area contributed by atoms with E-state index < -0.39 is 0 Å². The quantitative estimate of drug-likeness (QED) is 0.799. The summed E-state index contributed by atoms with van der Waals surface area (Å²) in [6, 6.07) is 13.1. The summed E-state index contributed by atoms with van der Waals surface area (Å²) in [5.74, 6) is 0.968. The summed E-state index contributed by atoms with van der Waals surface area (Å²) in [5.41, 5.74) is 4.01. The summed E-state index contributed by atoms with van der Waals surface area (Å²) < 4.78 is 0. The number of aromatic nitrogens is 1. The molecule has 2 aromatic rings. The van der Waals surface area contributed by atoms with E-state index in [1.54, 1.807) is 0 Å². The second-order valence-electron chi connectivity index (χ2n) is 4.89. The minimum Gasteiger partial charge on any atom is -0.310 e. The van der Waals surface area contributed by atoms with E-state index in [2.05, 4.69) is 61.4 Å². The zero-order chi connectivity index (χ0) is 14.4. The normalized spacial score (nSPS) is 12.3. The lowest BCUT2D eigenvalue weighted by Crippen LogP contribution is -2.18. The third kappa shape index (κ3) is 3.84. The van der Waals surface area contributed by atoms with E-state index in [9.17, 15) is 0 Å². The van der Waals surface area contributed by atoms with E-state index in [1.165, 1.54) is 16.7 Å². The van der Waals surface area contributed by atoms with Gasteiger partial charge in [0.1, 0.15) is 5.03 Å². The SMILES string of the molecule is CCNC(C)c1cccnc1SCc1ccccc1C. The molecule has 1 aromatic heterocycles. The Bertz CT molecular complexity index is 554. The molecule has 0 aliphatic rings. The highest BCUT2D eigenvalue weighted by atomic mass is 32.2. The molecular formula is C17H22N2S. The molecule has 0 spiro atoms. The number of pyridine rings is 1. The maximum absolute atomic E-state index is 4.55. The van der Waals surface area contributed by atoms with Gasteiger partial charge in [-0.3, -0.25) is 0 Å². The van der Waals surface area contributed by atoms with Gasteiger partial charge in [-0.1, -0.05) is 37.3 Å². The van der Waals surface area contributed by atoms with E-state index >= 15 is 0 Å². The van der Waals surface area contributed by atoms with Crippen LogP contribution in [0.25, 0.3) is 0 Å². The monoisotopic (exact) mass is 286 g/mol. The van der Waals surface area contributed by atoms with Crippen molar-refractivity contribution in [2.45, 2.75) is 37.6 Å². The number of hydrogen-bond donors (Lipinski definition) is 1. The van der Waals surface area contributed by atoms with Crippen LogP contribution in [0.5, 0.6) is 0 Å². The largest absolute Gasteiger partial charge is 0.310 e. The van der Waals surface area contributed by atoms with E-state index in [1.807, 2.05) is 24.0 Å². The van der Waals surface area contributed by atoms with Crippen molar-refractivity contribution in [1.82, 2.24) is 10.3 Å². The lowest BCUT2D eigenvalue weighted by Gasteiger charge is -2.16. The molecule has 2 nitrogen and oxygen atoms in total. The molecule has 1 atom stereocenters. The van der Waals surface area contributed by atoms with Crippen LogP contribution < -0.4 is 5.32 Å². The zero-order valence-corrected chi connectivity index (χ0v) is 13.2. The molecule has 1 heterocycles. The number of aryl methyl sites for hydroxylation is 1. The van der Waals surface area contributed by atoms with Crippen LogP contribution in [0.15, 0.2) is 47.6 Å². The minimum absolute atomic E-state index is 0.341. The predicted molar refractivity (Wildman–Crippen MR) is 87.1 cm³/mol. The Hall–Kier alpha value is -1.32. The van der Waals surface area contributed by atoms with Gasteiger partial charge in [0.05, 0.1) is 0 Å². The molecule has 3 heteroatoms. The summed E-state index contributed by atoms with van der Waals surface area (Å²) in [4.78, 5) is 4.55. The second kappa shape index (κ2) is 7.46. The first-order valence-electron chi connectivity index (χ1n) is 7.08. The average molecular weight is 286 g/mol. The molecule has 20 heavy (non-hydrogen) atoms. The highest BCUT2D eigenvalue weighted by molar-refractivity contribution is 7.98. The molecule has 0 saturated carbocycles. The molecule has 0 amide bonds. The Morgan fingerprint density at radius 3 is 2.75 bits per heavy atom. The number of nitrogens with zero attached hydrogens (tertiary/aromatic N) is 1. The van der Waals surface area contributed by atoms with Crippen LogP contribution in [0.1, 0.15) is 36.6 Å². The van der Waals surface area contributed by atoms with Gasteiger partial charge in [0, 0.05) is 23.6 Å². The highest BCUT2D eigenvalue weighted by Crippen LogP contribution is 2.28. The van der Waals surface area contributed by atoms with Crippen molar-refractivity contribution in [3.05, 3.63) is 59.3 Å². The third-order valence-corrected chi connectivity index (χ3v) is 4.47. The first-order valence-corrected chi connectivity index (χ1v) is 8.06. The van der Waals surface area contributed by atoms with Crippen molar-refractivity contribution >= 4 is 11.8 Å². The molecule has 0 fully saturated rings. The number of nitrogens with one attached hydrogen (secondary N) is 1. The number of rotatable bonds is 6. The number of benzene rings is 1. The van der Waals surface area contributed by atoms with Crippen molar-refractivity contribution in [2.24, 2.45) is 0 Å². The Kier molecular flexibility index (Phi) is 5.62. The van der Waals surface area contributed by atoms with Crippen molar-refractivity contribution < 1.29 is 0 Å². The van der Waals surface area contributed by atoms with Gasteiger partial charge in [0.15, 0.2) is 0 Å². The Labute approximate surface area is 126 Å². The molecule has 0 aliphatic heterocycles. The van der Waals surface area contributed by atoms with Crippen molar-refractivity contribution in [1.29, 1.82) is 0 Å². The molecule has 2 rings (SSSR count). The Morgan fingerprint density at radius 2 is 2.00 bits per heavy atom. The van der Waals surface area contributed by atoms with Gasteiger partial charge in [0.2, 0.25) is 0 Å². The summed E-state index contributed by atoms with van der Waals surface area (Å²) in [6.45, 7) is 7.46. The highest BCUT2D eigenvalue weighted by Gasteiger charge is 2.11. The van der Waals surface area contributed by atoms with Gasteiger partial charge in [0.25, 0.3) is 0 Å². The first kappa shape index (κ1) is 15.1. The molecule has 1 N–H and O–H groups in total. The molecule has 0 saturated heterocycles. The van der Waals surface area contributed by atoms with Gasteiger partial charge in [-0.15, -0.1) is 11.8 Å². The maximum Gasteiger partial charge on any atom is 0.101 e. The van der Waals surface area contributed by atoms with E-state index in [-0.39, 0.29) is 0 Å². The van der Waals surface area contributed by atoms with E-state index in [0.717, 1.165) is 17.3 Å². The van der Waals surface area contributed by atoms with Crippen molar-refractivity contribution in [3.8, 4) is 0 Å². The van der Waals surface area contributed by atoms with Crippen LogP contribution >= 0.6 is 11.8 Å². The lowest BCUT2D eigenvalue weighted by atomic mass is 10.1. The third-order valence-electron chi connectivity index (χ3n) is 3.40. The summed E-state index contributed by atoms with van der Waals surface area (Å²) in [7, 11) is 0. The summed E-state index contributed by atoms with van der Waals surface area (Å²) >= 11 is 1.82. The standard InChI is InChI=1S/C17H22N2S/c1-4-18-14(3)16-10-7-11-19-17(16)20-12-15-9-6-5-8-13(15)2/h5-11,14,18H,4,12H2,1-3H3. The average Bonchev–Trinajstić information content (AvgIpc) is 2.47. The fourth-order valence-electron chi connectivity index (χ4n) is 2.19. The first-order chi connectivity index (χ1) is 9.72. The fourth-order valence-corrected chi connectivity index (χ4v) is 3.35. The van der Waals surface area contributed by atoms with Gasteiger partial charge in [-0.2, -0.15) is 0 Å². The van der Waals surface area contributed by atoms with Crippen LogP contribution in [0, 0.1) is 6.92 Å². The fraction of sp³-hybridized carbons (Fsp3) is 0.353. The van der Waals surface area contributed by atoms with Crippen LogP contribution in [-0.4, -0.2) is 11.5 Å². The predicted octanol–water partition coefficient (Wildman–Crippen LogP) is 4.35. The zero-order valence-electron chi connectivity index (χ0n) is 12.4. The lowest BCUT2D eigenvalue weighted by molar-refractivity contribution is 0.585. The molecule has 0 radical (unpaired) electrons. The Balaban J connectivity index is 2.12. The van der Waals surface area contributed by atoms with Crippen molar-refractivity contribution in [3.63, 3.8) is 0 Å². The van der Waals surface area contributed by atoms with Crippen LogP contribution in [0.4, 0.5) is 0 Å². The smallest absolute Gasteiger partial charge is 0.101 e. The van der Waals surface area contributed by atoms with Gasteiger partial charge in [-0.05, 0) is 37.6 Å². The van der Waals surface area contributed by atoms with E-state index in [0.29, 0.717) is 6.04 Å². The van der Waals surface area contributed by atoms with Gasteiger partial charge < -0.3 is 5.32 Å². The summed E-state index contributed by atoms with van der Waals surface area (Å²) in [5, 5.41) is 4.59. The number of hydrogen-bond acceptors (Lipinski definition) is 3. The molecular weight excluding hydrogens is 264 g/mol. The van der Waals surface area contributed by atoms with E-state index in [4.69, 9.17) is 0 Å². The molecule has 1 aromatic carbocycles. The maximum atomic E-state index is 4.55. The van der Waals surface area contributed by atoms with Crippen LogP contribution in [0.3, 0.4) is 0 Å². The van der Waals surface area contributed by atoms with Gasteiger partial charge in [-0.25, -0.2) is 4.98 Å². The van der Waals surface area contributed by atoms with Crippen LogP contribution in [0.2, 0.25) is 0 Å². The second-order valence-corrected chi connectivity index (χ2v) is 5.86. The Morgan fingerprint density at radius 1 is 1.20 bits per heavy atom.